The zero-order valence-corrected chi connectivity index (χ0v) is 12.5. The highest BCUT2D eigenvalue weighted by atomic mass is 79.9. The van der Waals surface area contributed by atoms with Gasteiger partial charge in [-0.25, -0.2) is 4.98 Å². The van der Waals surface area contributed by atoms with Crippen LogP contribution in [0.2, 0.25) is 5.02 Å². The summed E-state index contributed by atoms with van der Waals surface area (Å²) >= 11 is 9.78. The summed E-state index contributed by atoms with van der Waals surface area (Å²) in [4.78, 5) is 4.36. The molecule has 5 heteroatoms. The third-order valence-electron chi connectivity index (χ3n) is 2.99. The molecule has 0 unspecified atom stereocenters. The lowest BCUT2D eigenvalue weighted by molar-refractivity contribution is 1.11. The van der Waals surface area contributed by atoms with Gasteiger partial charge in [0, 0.05) is 4.47 Å². The molecule has 2 N–H and O–H groups in total. The Kier molecular flexibility index (Phi) is 2.99. The third kappa shape index (κ3) is 2.11. The number of halogens is 2. The van der Waals surface area contributed by atoms with Crippen LogP contribution >= 0.6 is 27.5 Å². The topological polar surface area (TPSA) is 43.8 Å². The Hall–Kier alpha value is -1.52. The Labute approximate surface area is 124 Å². The van der Waals surface area contributed by atoms with E-state index in [1.54, 1.807) is 0 Å². The molecule has 19 heavy (non-hydrogen) atoms. The number of benzene rings is 2. The highest BCUT2D eigenvalue weighted by molar-refractivity contribution is 9.10. The smallest absolute Gasteiger partial charge is 0.205 e. The van der Waals surface area contributed by atoms with E-state index < -0.39 is 0 Å². The summed E-state index contributed by atoms with van der Waals surface area (Å²) in [6.07, 6.45) is 0. The summed E-state index contributed by atoms with van der Waals surface area (Å²) in [7, 11) is 0. The van der Waals surface area contributed by atoms with Crippen molar-refractivity contribution in [3.05, 3.63) is 51.5 Å². The molecule has 3 aromatic rings. The molecule has 2 aromatic carbocycles. The number of anilines is 1. The number of nitrogens with two attached hydrogens (primary N) is 1. The molecule has 0 fully saturated rings. The van der Waals surface area contributed by atoms with Crippen LogP contribution in [-0.4, -0.2) is 9.55 Å². The molecule has 3 nitrogen and oxygen atoms in total. The van der Waals surface area contributed by atoms with Crippen LogP contribution in [0.1, 0.15) is 5.56 Å². The highest BCUT2D eigenvalue weighted by Crippen LogP contribution is 2.30. The van der Waals surface area contributed by atoms with Gasteiger partial charge in [-0.05, 0) is 42.8 Å². The van der Waals surface area contributed by atoms with Gasteiger partial charge in [-0.15, -0.1) is 0 Å². The monoisotopic (exact) mass is 335 g/mol. The lowest BCUT2D eigenvalue weighted by Crippen LogP contribution is -2.01. The molecule has 0 spiro atoms. The first-order valence-corrected chi connectivity index (χ1v) is 6.93. The van der Waals surface area contributed by atoms with Gasteiger partial charge in [-0.3, -0.25) is 4.57 Å². The third-order valence-corrected chi connectivity index (χ3v) is 3.78. The van der Waals surface area contributed by atoms with E-state index in [-0.39, 0.29) is 0 Å². The molecule has 1 aromatic heterocycles. The molecule has 96 valence electrons. The Bertz CT molecular complexity index is 780. The van der Waals surface area contributed by atoms with Crippen molar-refractivity contribution >= 4 is 44.5 Å². The summed E-state index contributed by atoms with van der Waals surface area (Å²) in [6, 6.07) is 11.7. The molecule has 0 amide bonds. The first-order chi connectivity index (χ1) is 9.06. The van der Waals surface area contributed by atoms with Gasteiger partial charge in [0.15, 0.2) is 0 Å². The van der Waals surface area contributed by atoms with Gasteiger partial charge in [0.05, 0.1) is 21.7 Å². The van der Waals surface area contributed by atoms with Crippen molar-refractivity contribution < 1.29 is 0 Å². The molecule has 0 saturated heterocycles. The maximum Gasteiger partial charge on any atom is 0.205 e. The largest absolute Gasteiger partial charge is 0.369 e. The second kappa shape index (κ2) is 4.54. The Morgan fingerprint density at radius 3 is 2.74 bits per heavy atom. The minimum Gasteiger partial charge on any atom is -0.369 e. The molecule has 0 radical (unpaired) electrons. The summed E-state index contributed by atoms with van der Waals surface area (Å²) in [5, 5.41) is 0.658. The Morgan fingerprint density at radius 1 is 1.21 bits per heavy atom. The van der Waals surface area contributed by atoms with E-state index in [1.807, 2.05) is 47.9 Å². The van der Waals surface area contributed by atoms with E-state index >= 15 is 0 Å². The second-order valence-electron chi connectivity index (χ2n) is 4.39. The highest BCUT2D eigenvalue weighted by Gasteiger charge is 2.12. The van der Waals surface area contributed by atoms with Gasteiger partial charge in [-0.1, -0.05) is 33.6 Å². The fourth-order valence-corrected chi connectivity index (χ4v) is 2.78. The van der Waals surface area contributed by atoms with Crippen molar-refractivity contribution in [2.45, 2.75) is 6.92 Å². The van der Waals surface area contributed by atoms with E-state index in [0.29, 0.717) is 11.0 Å². The first kappa shape index (κ1) is 12.5. The molecule has 0 saturated carbocycles. The number of aryl methyl sites for hydroxylation is 1. The normalized spacial score (nSPS) is 11.1. The van der Waals surface area contributed by atoms with Crippen LogP contribution in [-0.2, 0) is 0 Å². The summed E-state index contributed by atoms with van der Waals surface area (Å²) in [6.45, 7) is 2.00. The first-order valence-electron chi connectivity index (χ1n) is 5.76. The molecule has 0 aliphatic rings. The Morgan fingerprint density at radius 2 is 2.00 bits per heavy atom. The minimum absolute atomic E-state index is 0.429. The second-order valence-corrected chi connectivity index (χ2v) is 5.72. The van der Waals surface area contributed by atoms with Crippen LogP contribution in [0.3, 0.4) is 0 Å². The van der Waals surface area contributed by atoms with Crippen molar-refractivity contribution in [3.63, 3.8) is 0 Å². The predicted octanol–water partition coefficient (Wildman–Crippen LogP) is 4.33. The molecule has 0 bridgehead atoms. The van der Waals surface area contributed by atoms with Crippen molar-refractivity contribution in [3.8, 4) is 5.69 Å². The van der Waals surface area contributed by atoms with Crippen molar-refractivity contribution in [1.82, 2.24) is 9.55 Å². The number of hydrogen-bond acceptors (Lipinski definition) is 2. The molecular weight excluding hydrogens is 326 g/mol. The van der Waals surface area contributed by atoms with Crippen LogP contribution < -0.4 is 5.73 Å². The molecule has 0 atom stereocenters. The van der Waals surface area contributed by atoms with Crippen LogP contribution in [0.25, 0.3) is 16.7 Å². The lowest BCUT2D eigenvalue weighted by atomic mass is 10.2. The van der Waals surface area contributed by atoms with Crippen LogP contribution in [0, 0.1) is 6.92 Å². The predicted molar refractivity (Wildman–Crippen MR) is 82.9 cm³/mol. The average molecular weight is 337 g/mol. The van der Waals surface area contributed by atoms with Crippen molar-refractivity contribution in [1.29, 1.82) is 0 Å². The van der Waals surface area contributed by atoms with Crippen LogP contribution in [0.4, 0.5) is 5.95 Å². The average Bonchev–Trinajstić information content (AvgIpc) is 2.65. The minimum atomic E-state index is 0.429. The molecule has 0 aliphatic carbocycles. The summed E-state index contributed by atoms with van der Waals surface area (Å²) in [5.41, 5.74) is 9.74. The number of fused-ring (bicyclic) bond motifs is 1. The molecule has 0 aliphatic heterocycles. The quantitative estimate of drug-likeness (QED) is 0.718. The van der Waals surface area contributed by atoms with E-state index in [1.165, 1.54) is 0 Å². The van der Waals surface area contributed by atoms with E-state index in [4.69, 9.17) is 17.3 Å². The lowest BCUT2D eigenvalue weighted by Gasteiger charge is -2.09. The number of nitrogens with zero attached hydrogens (tertiary/aromatic N) is 2. The van der Waals surface area contributed by atoms with E-state index in [0.717, 1.165) is 26.8 Å². The SMILES string of the molecule is Cc1ccc(-n2c(N)nc3ccc(Br)cc32)c(Cl)c1. The van der Waals surface area contributed by atoms with Gasteiger partial charge < -0.3 is 5.73 Å². The standard InChI is InChI=1S/C14H11BrClN3/c1-8-2-5-12(10(16)6-8)19-13-7-9(15)3-4-11(13)18-14(19)17/h2-7H,1H3,(H2,17,18). The van der Waals surface area contributed by atoms with Gasteiger partial charge in [0.25, 0.3) is 0 Å². The van der Waals surface area contributed by atoms with E-state index in [2.05, 4.69) is 20.9 Å². The zero-order valence-electron chi connectivity index (χ0n) is 10.2. The maximum absolute atomic E-state index is 6.32. The van der Waals surface area contributed by atoms with Crippen LogP contribution in [0.15, 0.2) is 40.9 Å². The number of aromatic nitrogens is 2. The molecule has 1 heterocycles. The number of rotatable bonds is 1. The van der Waals surface area contributed by atoms with E-state index in [9.17, 15) is 0 Å². The van der Waals surface area contributed by atoms with Gasteiger partial charge >= 0.3 is 0 Å². The maximum atomic E-state index is 6.32. The summed E-state index contributed by atoms with van der Waals surface area (Å²) in [5.74, 6) is 0.429. The van der Waals surface area contributed by atoms with Crippen LogP contribution in [0.5, 0.6) is 0 Å². The fraction of sp³-hybridized carbons (Fsp3) is 0.0714. The molecule has 3 rings (SSSR count). The number of hydrogen-bond donors (Lipinski definition) is 1. The number of imidazole rings is 1. The Balaban J connectivity index is 2.35. The molecular formula is C14H11BrClN3. The fourth-order valence-electron chi connectivity index (χ4n) is 2.11. The zero-order chi connectivity index (χ0) is 13.6. The van der Waals surface area contributed by atoms with Gasteiger partial charge in [-0.2, -0.15) is 0 Å². The summed E-state index contributed by atoms with van der Waals surface area (Å²) < 4.78 is 2.84. The number of nitrogen functional groups attached to an aromatic ring is 1. The van der Waals surface area contributed by atoms with Crippen molar-refractivity contribution in [2.75, 3.05) is 5.73 Å². The van der Waals surface area contributed by atoms with Crippen molar-refractivity contribution in [2.24, 2.45) is 0 Å². The van der Waals surface area contributed by atoms with Gasteiger partial charge in [0.1, 0.15) is 0 Å². The van der Waals surface area contributed by atoms with Gasteiger partial charge in [0.2, 0.25) is 5.95 Å².